The Balaban J connectivity index is 2.29. The van der Waals surface area contributed by atoms with E-state index < -0.39 is 4.92 Å². The van der Waals surface area contributed by atoms with E-state index in [0.717, 1.165) is 13.0 Å². The number of nitro groups is 1. The minimum absolute atomic E-state index is 0.138. The van der Waals surface area contributed by atoms with Gasteiger partial charge in [-0.15, -0.1) is 0 Å². The van der Waals surface area contributed by atoms with Gasteiger partial charge in [-0.3, -0.25) is 0 Å². The van der Waals surface area contributed by atoms with Gasteiger partial charge in [0.05, 0.1) is 0 Å². The van der Waals surface area contributed by atoms with Crippen molar-refractivity contribution < 1.29 is 9.66 Å². The highest BCUT2D eigenvalue weighted by Crippen LogP contribution is 2.19. The number of hydrogen-bond acceptors (Lipinski definition) is 5. The van der Waals surface area contributed by atoms with Gasteiger partial charge in [-0.2, -0.15) is 0 Å². The summed E-state index contributed by atoms with van der Waals surface area (Å²) in [6.45, 7) is 6.21. The second kappa shape index (κ2) is 7.60. The fourth-order valence-corrected chi connectivity index (χ4v) is 1.40. The first-order valence-electron chi connectivity index (χ1n) is 6.02. The molecule has 1 heterocycles. The third kappa shape index (κ3) is 5.09. The number of anilines is 1. The van der Waals surface area contributed by atoms with E-state index in [4.69, 9.17) is 4.74 Å². The molecule has 0 aromatic carbocycles. The summed E-state index contributed by atoms with van der Waals surface area (Å²) in [6, 6.07) is 3.32. The zero-order valence-corrected chi connectivity index (χ0v) is 10.8. The van der Waals surface area contributed by atoms with Crippen molar-refractivity contribution in [3.63, 3.8) is 0 Å². The zero-order valence-electron chi connectivity index (χ0n) is 10.8. The molecule has 18 heavy (non-hydrogen) atoms. The molecule has 6 heteroatoms. The summed E-state index contributed by atoms with van der Waals surface area (Å²) >= 11 is 0. The summed E-state index contributed by atoms with van der Waals surface area (Å²) in [5.41, 5.74) is 0.450. The minimum Gasteiger partial charge on any atom is -0.381 e. The molecule has 0 aliphatic heterocycles. The summed E-state index contributed by atoms with van der Waals surface area (Å²) < 4.78 is 5.42. The Hall–Kier alpha value is -1.69. The number of hydrogen-bond donors (Lipinski definition) is 1. The smallest absolute Gasteiger partial charge is 0.381 e. The van der Waals surface area contributed by atoms with E-state index in [2.05, 4.69) is 24.1 Å². The number of nitrogens with one attached hydrogen (secondary N) is 1. The Morgan fingerprint density at radius 3 is 3.00 bits per heavy atom. The number of aromatic nitrogens is 1. The predicted octanol–water partition coefficient (Wildman–Crippen LogP) is 2.46. The molecule has 0 amide bonds. The van der Waals surface area contributed by atoms with E-state index in [9.17, 15) is 10.1 Å². The summed E-state index contributed by atoms with van der Waals surface area (Å²) in [4.78, 5) is 13.9. The van der Waals surface area contributed by atoms with E-state index in [0.29, 0.717) is 24.8 Å². The maximum Gasteiger partial charge on any atom is 0.386 e. The van der Waals surface area contributed by atoms with Crippen LogP contribution in [0, 0.1) is 16.0 Å². The lowest BCUT2D eigenvalue weighted by Crippen LogP contribution is -2.09. The van der Waals surface area contributed by atoms with Crippen LogP contribution < -0.4 is 5.32 Å². The molecular weight excluding hydrogens is 234 g/mol. The van der Waals surface area contributed by atoms with Gasteiger partial charge in [0.25, 0.3) is 0 Å². The van der Waals surface area contributed by atoms with Gasteiger partial charge in [0.1, 0.15) is 11.9 Å². The van der Waals surface area contributed by atoms with Crippen molar-refractivity contribution in [3.8, 4) is 0 Å². The van der Waals surface area contributed by atoms with Crippen molar-refractivity contribution in [2.24, 2.45) is 5.92 Å². The molecule has 100 valence electrons. The fourth-order valence-electron chi connectivity index (χ4n) is 1.40. The molecular formula is C12H19N3O3. The molecule has 0 saturated carbocycles. The molecule has 0 bridgehead atoms. The van der Waals surface area contributed by atoms with Crippen LogP contribution in [0.15, 0.2) is 18.3 Å². The number of rotatable bonds is 8. The van der Waals surface area contributed by atoms with Gasteiger partial charge >= 0.3 is 5.82 Å². The minimum atomic E-state index is -0.488. The van der Waals surface area contributed by atoms with Crippen molar-refractivity contribution >= 4 is 11.5 Å². The summed E-state index contributed by atoms with van der Waals surface area (Å²) in [7, 11) is 0. The molecule has 1 aromatic heterocycles. The molecule has 1 N–H and O–H groups in total. The Kier molecular flexibility index (Phi) is 6.07. The largest absolute Gasteiger partial charge is 0.386 e. The molecule has 1 rings (SSSR count). The lowest BCUT2D eigenvalue weighted by molar-refractivity contribution is -0.388. The van der Waals surface area contributed by atoms with Crippen LogP contribution in [0.4, 0.5) is 11.5 Å². The first-order valence-corrected chi connectivity index (χ1v) is 6.02. The SMILES string of the molecule is CC(C)COCCCNc1cccnc1[N+](=O)[O-]. The molecule has 1 aromatic rings. The number of pyridine rings is 1. The lowest BCUT2D eigenvalue weighted by atomic mass is 10.2. The lowest BCUT2D eigenvalue weighted by Gasteiger charge is -2.08. The van der Waals surface area contributed by atoms with Gasteiger partial charge in [-0.25, -0.2) is 0 Å². The summed E-state index contributed by atoms with van der Waals surface area (Å²) in [5.74, 6) is 0.387. The van der Waals surface area contributed by atoms with Crippen LogP contribution in [-0.2, 0) is 4.74 Å². The van der Waals surface area contributed by atoms with Crippen LogP contribution in [0.2, 0.25) is 0 Å². The van der Waals surface area contributed by atoms with E-state index in [-0.39, 0.29) is 5.82 Å². The van der Waals surface area contributed by atoms with Crippen LogP contribution in [0.5, 0.6) is 0 Å². The van der Waals surface area contributed by atoms with Gasteiger partial charge in [0, 0.05) is 19.8 Å². The number of ether oxygens (including phenoxy) is 1. The zero-order chi connectivity index (χ0) is 13.4. The Morgan fingerprint density at radius 1 is 1.56 bits per heavy atom. The van der Waals surface area contributed by atoms with Crippen molar-refractivity contribution in [2.75, 3.05) is 25.1 Å². The van der Waals surface area contributed by atoms with Gasteiger partial charge in [-0.05, 0) is 34.4 Å². The quantitative estimate of drug-likeness (QED) is 0.437. The molecule has 0 aliphatic carbocycles. The van der Waals surface area contributed by atoms with Gasteiger partial charge in [0.2, 0.25) is 0 Å². The molecule has 0 atom stereocenters. The van der Waals surface area contributed by atoms with E-state index in [1.807, 2.05) is 0 Å². The molecule has 6 nitrogen and oxygen atoms in total. The van der Waals surface area contributed by atoms with E-state index >= 15 is 0 Å². The van der Waals surface area contributed by atoms with Crippen LogP contribution >= 0.6 is 0 Å². The van der Waals surface area contributed by atoms with Crippen LogP contribution in [-0.4, -0.2) is 29.7 Å². The van der Waals surface area contributed by atoms with E-state index in [1.54, 1.807) is 12.1 Å². The Bertz CT molecular complexity index is 383. The molecule has 0 radical (unpaired) electrons. The average molecular weight is 253 g/mol. The monoisotopic (exact) mass is 253 g/mol. The average Bonchev–Trinajstić information content (AvgIpc) is 2.33. The Labute approximate surface area is 107 Å². The fraction of sp³-hybridized carbons (Fsp3) is 0.583. The van der Waals surface area contributed by atoms with Gasteiger partial charge in [0.15, 0.2) is 0 Å². The van der Waals surface area contributed by atoms with Crippen molar-refractivity contribution in [3.05, 3.63) is 28.4 Å². The maximum atomic E-state index is 10.7. The third-order valence-electron chi connectivity index (χ3n) is 2.19. The summed E-state index contributed by atoms with van der Waals surface area (Å²) in [5, 5.41) is 13.7. The van der Waals surface area contributed by atoms with Crippen LogP contribution in [0.25, 0.3) is 0 Å². The first kappa shape index (κ1) is 14.4. The second-order valence-corrected chi connectivity index (χ2v) is 4.38. The van der Waals surface area contributed by atoms with Crippen molar-refractivity contribution in [1.82, 2.24) is 4.98 Å². The second-order valence-electron chi connectivity index (χ2n) is 4.38. The highest BCUT2D eigenvalue weighted by molar-refractivity contribution is 5.56. The maximum absolute atomic E-state index is 10.7. The molecule has 0 unspecified atom stereocenters. The first-order chi connectivity index (χ1) is 8.61. The van der Waals surface area contributed by atoms with Crippen molar-refractivity contribution in [2.45, 2.75) is 20.3 Å². The molecule has 0 aliphatic rings. The van der Waals surface area contributed by atoms with Crippen molar-refractivity contribution in [1.29, 1.82) is 0 Å². The molecule has 0 spiro atoms. The highest BCUT2D eigenvalue weighted by Gasteiger charge is 2.12. The third-order valence-corrected chi connectivity index (χ3v) is 2.19. The topological polar surface area (TPSA) is 77.3 Å². The predicted molar refractivity (Wildman–Crippen MR) is 69.7 cm³/mol. The molecule has 0 fully saturated rings. The van der Waals surface area contributed by atoms with Crippen LogP contribution in [0.1, 0.15) is 20.3 Å². The molecule has 0 saturated heterocycles. The van der Waals surface area contributed by atoms with Gasteiger partial charge < -0.3 is 20.2 Å². The highest BCUT2D eigenvalue weighted by atomic mass is 16.6. The standard InChI is InChI=1S/C12H19N3O3/c1-10(2)9-18-8-4-7-13-11-5-3-6-14-12(11)15(16)17/h3,5-6,10,13H,4,7-9H2,1-2H3. The Morgan fingerprint density at radius 2 is 2.33 bits per heavy atom. The summed E-state index contributed by atoms with van der Waals surface area (Å²) in [6.07, 6.45) is 2.22. The van der Waals surface area contributed by atoms with Crippen LogP contribution in [0.3, 0.4) is 0 Å². The normalized spacial score (nSPS) is 10.6. The van der Waals surface area contributed by atoms with E-state index in [1.165, 1.54) is 6.20 Å². The number of nitrogens with zero attached hydrogens (tertiary/aromatic N) is 2. The van der Waals surface area contributed by atoms with Gasteiger partial charge in [-0.1, -0.05) is 13.8 Å².